The van der Waals surface area contributed by atoms with E-state index in [4.69, 9.17) is 11.6 Å². The molecule has 0 atom stereocenters. The van der Waals surface area contributed by atoms with Crippen molar-refractivity contribution in [1.29, 1.82) is 0 Å². The molecule has 1 aromatic carbocycles. The van der Waals surface area contributed by atoms with Crippen LogP contribution in [0.2, 0.25) is 5.02 Å². The van der Waals surface area contributed by atoms with Gasteiger partial charge in [0, 0.05) is 23.1 Å². The van der Waals surface area contributed by atoms with Gasteiger partial charge in [0.1, 0.15) is 0 Å². The van der Waals surface area contributed by atoms with Gasteiger partial charge in [0.15, 0.2) is 0 Å². The van der Waals surface area contributed by atoms with Crippen molar-refractivity contribution in [3.05, 3.63) is 77.8 Å². The Labute approximate surface area is 122 Å². The fourth-order valence-corrected chi connectivity index (χ4v) is 2.03. The first kappa shape index (κ1) is 12.6. The summed E-state index contributed by atoms with van der Waals surface area (Å²) in [6.45, 7) is 0. The molecule has 0 spiro atoms. The minimum absolute atomic E-state index is 0.728. The Kier molecular flexibility index (Phi) is 3.61. The molecule has 0 N–H and O–H groups in total. The van der Waals surface area contributed by atoms with Crippen LogP contribution >= 0.6 is 11.6 Å². The summed E-state index contributed by atoms with van der Waals surface area (Å²) in [6.07, 6.45) is 7.28. The van der Waals surface area contributed by atoms with Crippen molar-refractivity contribution in [3.63, 3.8) is 0 Å². The molecule has 3 rings (SSSR count). The summed E-state index contributed by atoms with van der Waals surface area (Å²) in [4.78, 5) is 8.46. The van der Waals surface area contributed by atoms with Crippen molar-refractivity contribution in [2.24, 2.45) is 4.99 Å². The van der Waals surface area contributed by atoms with E-state index in [1.165, 1.54) is 0 Å². The van der Waals surface area contributed by atoms with Crippen molar-refractivity contribution in [2.45, 2.75) is 0 Å². The molecule has 20 heavy (non-hydrogen) atoms. The Morgan fingerprint density at radius 1 is 1.05 bits per heavy atom. The molecule has 0 aliphatic carbocycles. The highest BCUT2D eigenvalue weighted by Crippen LogP contribution is 2.16. The summed E-state index contributed by atoms with van der Waals surface area (Å²) >= 11 is 5.91. The van der Waals surface area contributed by atoms with E-state index in [0.717, 1.165) is 22.1 Å². The molecule has 0 unspecified atom stereocenters. The second kappa shape index (κ2) is 5.72. The summed E-state index contributed by atoms with van der Waals surface area (Å²) < 4.78 is 2.05. The maximum absolute atomic E-state index is 5.91. The number of aromatic nitrogens is 2. The van der Waals surface area contributed by atoms with Crippen molar-refractivity contribution >= 4 is 23.5 Å². The topological polar surface area (TPSA) is 30.2 Å². The fraction of sp³-hybridized carbons (Fsp3) is 0. The van der Waals surface area contributed by atoms with Gasteiger partial charge in [-0.25, -0.2) is 0 Å². The normalized spacial score (nSPS) is 11.1. The standard InChI is InChI=1S/C16H12ClN3/c17-13-5-7-15(8-6-13)20-10-2-4-16(20)12-19-14-3-1-9-18-11-14/h1-12H. The maximum Gasteiger partial charge on any atom is 0.0813 e. The second-order valence-corrected chi connectivity index (χ2v) is 4.69. The number of rotatable bonds is 3. The van der Waals surface area contributed by atoms with Gasteiger partial charge in [-0.05, 0) is 48.5 Å². The lowest BCUT2D eigenvalue weighted by atomic mass is 10.3. The molecule has 2 aromatic heterocycles. The van der Waals surface area contributed by atoms with E-state index in [-0.39, 0.29) is 0 Å². The van der Waals surface area contributed by atoms with Crippen molar-refractivity contribution < 1.29 is 0 Å². The predicted molar refractivity (Wildman–Crippen MR) is 82.3 cm³/mol. The first-order chi connectivity index (χ1) is 9.83. The SMILES string of the molecule is Clc1ccc(-n2cccc2C=Nc2cccnc2)cc1. The molecule has 0 bridgehead atoms. The van der Waals surface area contributed by atoms with E-state index in [0.29, 0.717) is 0 Å². The summed E-state index contributed by atoms with van der Waals surface area (Å²) in [5.41, 5.74) is 2.87. The molecular formula is C16H12ClN3. The van der Waals surface area contributed by atoms with Gasteiger partial charge in [0.05, 0.1) is 23.8 Å². The highest BCUT2D eigenvalue weighted by Gasteiger charge is 2.01. The van der Waals surface area contributed by atoms with Crippen molar-refractivity contribution in [1.82, 2.24) is 9.55 Å². The highest BCUT2D eigenvalue weighted by atomic mass is 35.5. The first-order valence-corrected chi connectivity index (χ1v) is 6.58. The lowest BCUT2D eigenvalue weighted by Gasteiger charge is -2.06. The van der Waals surface area contributed by atoms with Crippen LogP contribution in [-0.2, 0) is 0 Å². The molecule has 0 aliphatic rings. The van der Waals surface area contributed by atoms with Gasteiger partial charge in [-0.1, -0.05) is 11.6 Å². The molecular weight excluding hydrogens is 270 g/mol. The summed E-state index contributed by atoms with van der Waals surface area (Å²) in [6, 6.07) is 15.5. The molecule has 3 nitrogen and oxygen atoms in total. The van der Waals surface area contributed by atoms with E-state index in [2.05, 4.69) is 14.5 Å². The Balaban J connectivity index is 1.91. The quantitative estimate of drug-likeness (QED) is 0.659. The third-order valence-corrected chi connectivity index (χ3v) is 3.13. The van der Waals surface area contributed by atoms with Gasteiger partial charge in [0.2, 0.25) is 0 Å². The van der Waals surface area contributed by atoms with E-state index < -0.39 is 0 Å². The van der Waals surface area contributed by atoms with Gasteiger partial charge in [-0.2, -0.15) is 0 Å². The van der Waals surface area contributed by atoms with Gasteiger partial charge >= 0.3 is 0 Å². The Morgan fingerprint density at radius 3 is 2.65 bits per heavy atom. The molecule has 0 amide bonds. The van der Waals surface area contributed by atoms with Crippen LogP contribution in [0.1, 0.15) is 5.69 Å². The molecule has 98 valence electrons. The highest BCUT2D eigenvalue weighted by molar-refractivity contribution is 6.30. The number of nitrogens with zero attached hydrogens (tertiary/aromatic N) is 3. The number of aliphatic imine (C=N–C) groups is 1. The zero-order valence-corrected chi connectivity index (χ0v) is 11.4. The molecule has 2 heterocycles. The van der Waals surface area contributed by atoms with Crippen LogP contribution in [0.5, 0.6) is 0 Å². The number of hydrogen-bond acceptors (Lipinski definition) is 2. The van der Waals surface area contributed by atoms with E-state index >= 15 is 0 Å². The minimum Gasteiger partial charge on any atom is -0.316 e. The van der Waals surface area contributed by atoms with Gasteiger partial charge < -0.3 is 4.57 Å². The molecule has 0 saturated carbocycles. The molecule has 0 radical (unpaired) electrons. The number of pyridine rings is 1. The number of benzene rings is 1. The average Bonchev–Trinajstić information content (AvgIpc) is 2.95. The fourth-order valence-electron chi connectivity index (χ4n) is 1.91. The number of halogens is 1. The lowest BCUT2D eigenvalue weighted by molar-refractivity contribution is 1.07. The van der Waals surface area contributed by atoms with Crippen LogP contribution in [0, 0.1) is 0 Å². The minimum atomic E-state index is 0.728. The van der Waals surface area contributed by atoms with Crippen LogP contribution < -0.4 is 0 Å². The van der Waals surface area contributed by atoms with Gasteiger partial charge in [-0.15, -0.1) is 0 Å². The van der Waals surface area contributed by atoms with Crippen molar-refractivity contribution in [3.8, 4) is 5.69 Å². The van der Waals surface area contributed by atoms with Crippen molar-refractivity contribution in [2.75, 3.05) is 0 Å². The van der Waals surface area contributed by atoms with E-state index in [1.54, 1.807) is 12.4 Å². The van der Waals surface area contributed by atoms with E-state index in [9.17, 15) is 0 Å². The largest absolute Gasteiger partial charge is 0.316 e. The zero-order valence-electron chi connectivity index (χ0n) is 10.6. The van der Waals surface area contributed by atoms with Gasteiger partial charge in [0.25, 0.3) is 0 Å². The van der Waals surface area contributed by atoms with Gasteiger partial charge in [-0.3, -0.25) is 9.98 Å². The summed E-state index contributed by atoms with van der Waals surface area (Å²) in [5.74, 6) is 0. The number of hydrogen-bond donors (Lipinski definition) is 0. The molecule has 0 fully saturated rings. The molecule has 3 aromatic rings. The first-order valence-electron chi connectivity index (χ1n) is 6.20. The van der Waals surface area contributed by atoms with Crippen LogP contribution in [-0.4, -0.2) is 15.8 Å². The smallest absolute Gasteiger partial charge is 0.0813 e. The van der Waals surface area contributed by atoms with Crippen LogP contribution in [0.25, 0.3) is 5.69 Å². The molecule has 0 aliphatic heterocycles. The Bertz CT molecular complexity index is 715. The Hall–Kier alpha value is -2.39. The van der Waals surface area contributed by atoms with Crippen LogP contribution in [0.15, 0.2) is 72.1 Å². The Morgan fingerprint density at radius 2 is 1.90 bits per heavy atom. The van der Waals surface area contributed by atoms with E-state index in [1.807, 2.05) is 60.9 Å². The molecule has 4 heteroatoms. The monoisotopic (exact) mass is 281 g/mol. The van der Waals surface area contributed by atoms with Crippen LogP contribution in [0.4, 0.5) is 5.69 Å². The third-order valence-electron chi connectivity index (χ3n) is 2.88. The zero-order chi connectivity index (χ0) is 13.8. The maximum atomic E-state index is 5.91. The predicted octanol–water partition coefficient (Wildman–Crippen LogP) is 4.28. The summed E-state index contributed by atoms with van der Waals surface area (Å²) in [7, 11) is 0. The third kappa shape index (κ3) is 2.78. The molecule has 0 saturated heterocycles. The lowest BCUT2D eigenvalue weighted by Crippen LogP contribution is -1.97. The van der Waals surface area contributed by atoms with Crippen LogP contribution in [0.3, 0.4) is 0 Å². The summed E-state index contributed by atoms with van der Waals surface area (Å²) in [5, 5.41) is 0.728. The second-order valence-electron chi connectivity index (χ2n) is 4.25. The average molecular weight is 282 g/mol.